The van der Waals surface area contributed by atoms with E-state index in [1.165, 1.54) is 26.1 Å². The maximum absolute atomic E-state index is 13.7. The number of benzene rings is 2. The Labute approximate surface area is 255 Å². The number of aliphatic imine (C=N–C) groups is 2. The second kappa shape index (κ2) is 16.9. The van der Waals surface area contributed by atoms with Gasteiger partial charge in [-0.2, -0.15) is 0 Å². The number of likely N-dealkylation sites (N-methyl/N-ethyl adjacent to an activating group) is 1. The molecule has 15 heteroatoms. The smallest absolute Gasteiger partial charge is 0.326 e. The predicted molar refractivity (Wildman–Crippen MR) is 165 cm³/mol. The Bertz CT molecular complexity index is 1330. The van der Waals surface area contributed by atoms with Crippen molar-refractivity contribution in [3.05, 3.63) is 65.7 Å². The number of carbonyl (C=O) groups is 4. The van der Waals surface area contributed by atoms with E-state index in [1.54, 1.807) is 42.5 Å². The summed E-state index contributed by atoms with van der Waals surface area (Å²) in [6.07, 6.45) is 0.484. The zero-order valence-electron chi connectivity index (χ0n) is 24.7. The van der Waals surface area contributed by atoms with Crippen LogP contribution in [0.1, 0.15) is 30.9 Å². The number of carboxylic acids is 1. The van der Waals surface area contributed by atoms with Gasteiger partial charge < -0.3 is 48.7 Å². The fourth-order valence-electron chi connectivity index (χ4n) is 4.20. The van der Waals surface area contributed by atoms with Crippen molar-refractivity contribution in [2.45, 2.75) is 56.8 Å². The summed E-state index contributed by atoms with van der Waals surface area (Å²) < 4.78 is 0. The number of nitrogens with zero attached hydrogens (tertiary/aromatic N) is 3. The molecule has 2 aromatic rings. The molecule has 3 amide bonds. The lowest BCUT2D eigenvalue weighted by atomic mass is 10.0. The molecule has 0 spiro atoms. The second-order valence-corrected chi connectivity index (χ2v) is 10.2. The largest absolute Gasteiger partial charge is 0.508 e. The fourth-order valence-corrected chi connectivity index (χ4v) is 4.20. The third kappa shape index (κ3) is 11.5. The lowest BCUT2D eigenvalue weighted by Crippen LogP contribution is -2.57. The molecule has 2 aromatic carbocycles. The first kappa shape index (κ1) is 34.9. The Kier molecular flexibility index (Phi) is 13.4. The van der Waals surface area contributed by atoms with Crippen LogP contribution in [0, 0.1) is 0 Å². The number of phenols is 1. The number of carbonyl (C=O) groups excluding carboxylic acids is 3. The molecule has 4 atom stereocenters. The highest BCUT2D eigenvalue weighted by Gasteiger charge is 2.32. The van der Waals surface area contributed by atoms with Crippen LogP contribution in [0.4, 0.5) is 0 Å². The minimum Gasteiger partial charge on any atom is -0.508 e. The number of carboxylic acid groups (broad SMARTS) is 1. The van der Waals surface area contributed by atoms with Crippen LogP contribution in [0.2, 0.25) is 0 Å². The average molecular weight is 612 g/mol. The molecule has 0 bridgehead atoms. The highest BCUT2D eigenvalue weighted by molar-refractivity contribution is 5.94. The van der Waals surface area contributed by atoms with E-state index in [9.17, 15) is 29.4 Å². The Hall–Kier alpha value is -5.34. The van der Waals surface area contributed by atoms with Gasteiger partial charge in [-0.05, 0) is 43.0 Å². The molecule has 44 heavy (non-hydrogen) atoms. The summed E-state index contributed by atoms with van der Waals surface area (Å²) in [5.41, 5.74) is 23.3. The number of nitrogens with one attached hydrogen (secondary N) is 2. The molecular formula is C29H41N9O6. The Balaban J connectivity index is 2.35. The van der Waals surface area contributed by atoms with Gasteiger partial charge in [-0.1, -0.05) is 42.5 Å². The van der Waals surface area contributed by atoms with Crippen molar-refractivity contribution in [3.63, 3.8) is 0 Å². The van der Waals surface area contributed by atoms with Crippen molar-refractivity contribution in [3.8, 4) is 5.75 Å². The van der Waals surface area contributed by atoms with Gasteiger partial charge in [0.25, 0.3) is 0 Å². The second-order valence-electron chi connectivity index (χ2n) is 10.2. The number of hydrogen-bond acceptors (Lipinski definition) is 7. The number of nitrogens with two attached hydrogens (primary N) is 4. The monoisotopic (exact) mass is 611 g/mol. The van der Waals surface area contributed by atoms with Crippen LogP contribution in [-0.2, 0) is 32.0 Å². The summed E-state index contributed by atoms with van der Waals surface area (Å²) in [5.74, 6) is -3.65. The van der Waals surface area contributed by atoms with Gasteiger partial charge in [0.1, 0.15) is 29.9 Å². The van der Waals surface area contributed by atoms with Crippen molar-refractivity contribution in [2.75, 3.05) is 13.6 Å². The third-order valence-electron chi connectivity index (χ3n) is 6.73. The maximum atomic E-state index is 13.7. The summed E-state index contributed by atoms with van der Waals surface area (Å²) in [6, 6.07) is 10.4. The quantitative estimate of drug-likeness (QED) is 0.0636. The average Bonchev–Trinajstić information content (AvgIpc) is 2.97. The van der Waals surface area contributed by atoms with Crippen molar-refractivity contribution in [1.82, 2.24) is 15.5 Å². The van der Waals surface area contributed by atoms with Crippen LogP contribution in [0.15, 0.2) is 64.6 Å². The molecule has 0 aliphatic rings. The lowest BCUT2D eigenvalue weighted by molar-refractivity contribution is -0.149. The number of phenolic OH excluding ortho intramolecular Hbond substituents is 1. The van der Waals surface area contributed by atoms with Gasteiger partial charge >= 0.3 is 5.97 Å². The summed E-state index contributed by atoms with van der Waals surface area (Å²) >= 11 is 0. The number of amides is 3. The Morgan fingerprint density at radius 1 is 0.841 bits per heavy atom. The predicted octanol–water partition coefficient (Wildman–Crippen LogP) is -1.23. The van der Waals surface area contributed by atoms with Gasteiger partial charge in [0.2, 0.25) is 17.7 Å². The third-order valence-corrected chi connectivity index (χ3v) is 6.73. The molecule has 0 radical (unpaired) electrons. The fraction of sp³-hybridized carbons (Fsp3) is 0.379. The van der Waals surface area contributed by atoms with E-state index in [0.717, 1.165) is 10.5 Å². The summed E-state index contributed by atoms with van der Waals surface area (Å²) in [4.78, 5) is 61.0. The molecule has 15 nitrogen and oxygen atoms in total. The zero-order valence-corrected chi connectivity index (χ0v) is 24.7. The topological polar surface area (TPSA) is 265 Å². The van der Waals surface area contributed by atoms with Crippen LogP contribution in [0.3, 0.4) is 0 Å². The van der Waals surface area contributed by atoms with Crippen molar-refractivity contribution < 1.29 is 29.4 Å². The van der Waals surface area contributed by atoms with Crippen LogP contribution in [0.5, 0.6) is 5.75 Å². The molecule has 238 valence electrons. The van der Waals surface area contributed by atoms with Gasteiger partial charge in [-0.3, -0.25) is 19.4 Å². The van der Waals surface area contributed by atoms with Crippen molar-refractivity contribution in [2.24, 2.45) is 32.9 Å². The number of rotatable bonds is 16. The van der Waals surface area contributed by atoms with Gasteiger partial charge in [-0.15, -0.1) is 0 Å². The molecule has 0 heterocycles. The number of guanidine groups is 2. The SMILES string of the molecule is C[C@@H](C(=O)O)N(C)C(=O)[C@H](Cc1ccccc1)NC(=O)[C@@H](CCCN=C(N)N)NC(=O)[C@H](Cc1ccc(O)cc1)N=C(N)N. The molecular weight excluding hydrogens is 570 g/mol. The Morgan fingerprint density at radius 2 is 1.43 bits per heavy atom. The molecule has 12 N–H and O–H groups in total. The van der Waals surface area contributed by atoms with E-state index < -0.39 is 47.9 Å². The van der Waals surface area contributed by atoms with Gasteiger partial charge in [0.05, 0.1) is 0 Å². The summed E-state index contributed by atoms with van der Waals surface area (Å²) in [5, 5.41) is 24.4. The standard InChI is InChI=1S/C29H41N9O6/c1-17(27(43)44)38(2)26(42)23(16-18-7-4-3-5-8-18)36-24(40)21(9-6-14-34-28(30)31)35-25(41)22(37-29(32)33)15-19-10-12-20(39)13-11-19/h3-5,7-8,10-13,17,21-23,39H,6,9,14-16H2,1-2H3,(H,35,41)(H,36,40)(H,43,44)(H4,30,31,34)(H4,32,33,37)/t17-,21+,22-,23-/m0/s1. The molecule has 0 saturated heterocycles. The Morgan fingerprint density at radius 3 is 2.00 bits per heavy atom. The first-order chi connectivity index (χ1) is 20.8. The minimum atomic E-state index is -1.21. The van der Waals surface area contributed by atoms with E-state index in [2.05, 4.69) is 20.6 Å². The van der Waals surface area contributed by atoms with Crippen LogP contribution in [-0.4, -0.2) is 88.5 Å². The van der Waals surface area contributed by atoms with E-state index in [0.29, 0.717) is 5.56 Å². The number of aliphatic carboxylic acids is 1. The molecule has 0 unspecified atom stereocenters. The molecule has 0 aliphatic carbocycles. The summed E-state index contributed by atoms with van der Waals surface area (Å²) in [7, 11) is 1.34. The van der Waals surface area contributed by atoms with Gasteiger partial charge in [-0.25, -0.2) is 9.79 Å². The minimum absolute atomic E-state index is 0.0390. The highest BCUT2D eigenvalue weighted by Crippen LogP contribution is 2.14. The van der Waals surface area contributed by atoms with Crippen molar-refractivity contribution in [1.29, 1.82) is 0 Å². The van der Waals surface area contributed by atoms with E-state index >= 15 is 0 Å². The van der Waals surface area contributed by atoms with Gasteiger partial charge in [0, 0.05) is 26.4 Å². The van der Waals surface area contributed by atoms with E-state index in [1.807, 2.05) is 0 Å². The maximum Gasteiger partial charge on any atom is 0.326 e. The highest BCUT2D eigenvalue weighted by atomic mass is 16.4. The molecule has 0 saturated carbocycles. The molecule has 2 rings (SSSR count). The normalized spacial score (nSPS) is 13.3. The zero-order chi connectivity index (χ0) is 32.8. The van der Waals surface area contributed by atoms with E-state index in [4.69, 9.17) is 22.9 Å². The number of hydrogen-bond donors (Lipinski definition) is 8. The number of aromatic hydroxyl groups is 1. The van der Waals surface area contributed by atoms with Crippen LogP contribution < -0.4 is 33.6 Å². The molecule has 0 aromatic heterocycles. The first-order valence-corrected chi connectivity index (χ1v) is 13.8. The van der Waals surface area contributed by atoms with Gasteiger partial charge in [0.15, 0.2) is 11.9 Å². The molecule has 0 aliphatic heterocycles. The van der Waals surface area contributed by atoms with Crippen molar-refractivity contribution >= 4 is 35.6 Å². The first-order valence-electron chi connectivity index (χ1n) is 13.8. The van der Waals surface area contributed by atoms with Crippen LogP contribution >= 0.6 is 0 Å². The molecule has 0 fully saturated rings. The van der Waals surface area contributed by atoms with E-state index in [-0.39, 0.29) is 49.9 Å². The summed E-state index contributed by atoms with van der Waals surface area (Å²) in [6.45, 7) is 1.52. The van der Waals surface area contributed by atoms with Crippen LogP contribution in [0.25, 0.3) is 0 Å². The lowest BCUT2D eigenvalue weighted by Gasteiger charge is -2.29.